The molecule has 106 valence electrons. The van der Waals surface area contributed by atoms with Gasteiger partial charge in [-0.1, -0.05) is 78.4 Å². The van der Waals surface area contributed by atoms with Crippen LogP contribution in [-0.4, -0.2) is 35.0 Å². The molecule has 0 saturated heterocycles. The van der Waals surface area contributed by atoms with Gasteiger partial charge >= 0.3 is 23.1 Å². The first kappa shape index (κ1) is 19.4. The van der Waals surface area contributed by atoms with Crippen molar-refractivity contribution in [3.8, 4) is 0 Å². The SMILES string of the molecule is BrCCCCCCCCCOCc1ccccc1.[H-].[H-].[Mg+2]. The summed E-state index contributed by atoms with van der Waals surface area (Å²) in [5.41, 5.74) is 1.27. The van der Waals surface area contributed by atoms with E-state index in [9.17, 15) is 0 Å². The third kappa shape index (κ3) is 11.9. The molecule has 3 heteroatoms. The molecule has 1 nitrogen and oxygen atoms in total. The van der Waals surface area contributed by atoms with Crippen molar-refractivity contribution in [3.63, 3.8) is 0 Å². The van der Waals surface area contributed by atoms with Gasteiger partial charge in [0.2, 0.25) is 0 Å². The molecule has 0 unspecified atom stereocenters. The van der Waals surface area contributed by atoms with Crippen molar-refractivity contribution < 1.29 is 7.59 Å². The van der Waals surface area contributed by atoms with Crippen LogP contribution >= 0.6 is 15.9 Å². The Morgan fingerprint density at radius 3 is 2.05 bits per heavy atom. The molecule has 1 aromatic carbocycles. The smallest absolute Gasteiger partial charge is 1.00 e. The quantitative estimate of drug-likeness (QED) is 0.307. The maximum Gasteiger partial charge on any atom is 2.00 e. The van der Waals surface area contributed by atoms with E-state index in [1.165, 1.54) is 50.5 Å². The van der Waals surface area contributed by atoms with Gasteiger partial charge in [0.25, 0.3) is 0 Å². The van der Waals surface area contributed by atoms with E-state index in [4.69, 9.17) is 4.74 Å². The number of hydrogen-bond acceptors (Lipinski definition) is 1. The van der Waals surface area contributed by atoms with E-state index in [0.29, 0.717) is 0 Å². The Hall–Kier alpha value is 0.426. The van der Waals surface area contributed by atoms with E-state index in [1.807, 2.05) is 6.07 Å². The van der Waals surface area contributed by atoms with Gasteiger partial charge in [0, 0.05) is 11.9 Å². The van der Waals surface area contributed by atoms with E-state index >= 15 is 0 Å². The predicted molar refractivity (Wildman–Crippen MR) is 90.2 cm³/mol. The first-order valence-corrected chi connectivity index (χ1v) is 8.23. The van der Waals surface area contributed by atoms with Crippen LogP contribution in [0.4, 0.5) is 0 Å². The summed E-state index contributed by atoms with van der Waals surface area (Å²) in [5, 5.41) is 1.15. The minimum absolute atomic E-state index is 0. The summed E-state index contributed by atoms with van der Waals surface area (Å²) >= 11 is 3.46. The zero-order valence-corrected chi connectivity index (χ0v) is 15.0. The molecule has 0 aliphatic carbocycles. The molecular weight excluding hydrogens is 312 g/mol. The van der Waals surface area contributed by atoms with Crippen molar-refractivity contribution in [2.24, 2.45) is 0 Å². The number of alkyl halides is 1. The molecule has 0 N–H and O–H groups in total. The molecule has 0 amide bonds. The summed E-state index contributed by atoms with van der Waals surface area (Å²) < 4.78 is 5.66. The fourth-order valence-corrected chi connectivity index (χ4v) is 2.34. The van der Waals surface area contributed by atoms with Crippen LogP contribution in [-0.2, 0) is 11.3 Å². The van der Waals surface area contributed by atoms with Gasteiger partial charge in [-0.05, 0) is 18.4 Å². The molecule has 0 bridgehead atoms. The maximum absolute atomic E-state index is 5.66. The molecule has 0 radical (unpaired) electrons. The minimum atomic E-state index is 0. The zero-order valence-electron chi connectivity index (χ0n) is 14.0. The Labute approximate surface area is 145 Å². The third-order valence-electron chi connectivity index (χ3n) is 3.03. The largest absolute Gasteiger partial charge is 2.00 e. The number of halogens is 1. The van der Waals surface area contributed by atoms with Crippen molar-refractivity contribution in [3.05, 3.63) is 35.9 Å². The van der Waals surface area contributed by atoms with Gasteiger partial charge < -0.3 is 7.59 Å². The van der Waals surface area contributed by atoms with Crippen molar-refractivity contribution in [1.82, 2.24) is 0 Å². The number of unbranched alkanes of at least 4 members (excludes halogenated alkanes) is 6. The second-order valence-electron chi connectivity index (χ2n) is 4.70. The van der Waals surface area contributed by atoms with Crippen LogP contribution in [0.2, 0.25) is 0 Å². The van der Waals surface area contributed by atoms with E-state index in [2.05, 4.69) is 40.2 Å². The Morgan fingerprint density at radius 1 is 0.842 bits per heavy atom. The summed E-state index contributed by atoms with van der Waals surface area (Å²) in [5.74, 6) is 0. The minimum Gasteiger partial charge on any atom is -1.00 e. The van der Waals surface area contributed by atoms with Gasteiger partial charge in [-0.2, -0.15) is 0 Å². The molecule has 0 saturated carbocycles. The van der Waals surface area contributed by atoms with Crippen LogP contribution in [0.3, 0.4) is 0 Å². The Kier molecular flexibility index (Phi) is 15.2. The van der Waals surface area contributed by atoms with Crippen LogP contribution in [0.1, 0.15) is 53.4 Å². The van der Waals surface area contributed by atoms with Crippen LogP contribution in [0, 0.1) is 0 Å². The topological polar surface area (TPSA) is 9.23 Å². The zero-order chi connectivity index (χ0) is 12.9. The predicted octanol–water partition coefficient (Wildman–Crippen LogP) is 5.17. The summed E-state index contributed by atoms with van der Waals surface area (Å²) in [7, 11) is 0. The summed E-state index contributed by atoms with van der Waals surface area (Å²) in [6, 6.07) is 10.4. The molecule has 0 spiro atoms. The molecule has 0 aliphatic rings. The Bertz CT molecular complexity index is 289. The third-order valence-corrected chi connectivity index (χ3v) is 3.59. The second-order valence-corrected chi connectivity index (χ2v) is 5.50. The molecule has 0 fully saturated rings. The van der Waals surface area contributed by atoms with Crippen LogP contribution in [0.5, 0.6) is 0 Å². The Morgan fingerprint density at radius 2 is 1.42 bits per heavy atom. The van der Waals surface area contributed by atoms with Gasteiger partial charge in [0.1, 0.15) is 0 Å². The summed E-state index contributed by atoms with van der Waals surface area (Å²) in [6.45, 7) is 1.66. The van der Waals surface area contributed by atoms with Gasteiger partial charge in [-0.15, -0.1) is 0 Å². The van der Waals surface area contributed by atoms with Crippen LogP contribution in [0.15, 0.2) is 30.3 Å². The van der Waals surface area contributed by atoms with Crippen LogP contribution in [0.25, 0.3) is 0 Å². The van der Waals surface area contributed by atoms with E-state index < -0.39 is 0 Å². The van der Waals surface area contributed by atoms with Gasteiger partial charge in [0.05, 0.1) is 6.61 Å². The molecule has 0 aromatic heterocycles. The molecule has 0 atom stereocenters. The average Bonchev–Trinajstić information content (AvgIpc) is 2.42. The Balaban J connectivity index is -0.00000108. The van der Waals surface area contributed by atoms with Crippen molar-refractivity contribution >= 4 is 39.0 Å². The van der Waals surface area contributed by atoms with E-state index in [0.717, 1.165) is 18.5 Å². The molecule has 1 aromatic rings. The summed E-state index contributed by atoms with van der Waals surface area (Å²) in [6.07, 6.45) is 9.32. The number of ether oxygens (including phenoxy) is 1. The number of hydrogen-bond donors (Lipinski definition) is 0. The normalized spacial score (nSPS) is 10.2. The first-order valence-electron chi connectivity index (χ1n) is 7.11. The molecule has 1 rings (SSSR count). The first-order chi connectivity index (χ1) is 8.93. The molecular formula is C16H27BrMgO. The summed E-state index contributed by atoms with van der Waals surface area (Å²) in [4.78, 5) is 0. The number of rotatable bonds is 11. The van der Waals surface area contributed by atoms with Crippen LogP contribution < -0.4 is 0 Å². The monoisotopic (exact) mass is 338 g/mol. The average molecular weight is 340 g/mol. The van der Waals surface area contributed by atoms with Gasteiger partial charge in [-0.25, -0.2) is 0 Å². The number of benzene rings is 1. The molecule has 0 heterocycles. The second kappa shape index (κ2) is 14.8. The fourth-order valence-electron chi connectivity index (χ4n) is 1.95. The molecule has 19 heavy (non-hydrogen) atoms. The van der Waals surface area contributed by atoms with Gasteiger partial charge in [-0.3, -0.25) is 0 Å². The van der Waals surface area contributed by atoms with E-state index in [1.54, 1.807) is 0 Å². The van der Waals surface area contributed by atoms with Gasteiger partial charge in [0.15, 0.2) is 0 Å². The van der Waals surface area contributed by atoms with E-state index in [-0.39, 0.29) is 25.9 Å². The van der Waals surface area contributed by atoms with Crippen molar-refractivity contribution in [2.75, 3.05) is 11.9 Å². The fraction of sp³-hybridized carbons (Fsp3) is 0.625. The van der Waals surface area contributed by atoms with Crippen molar-refractivity contribution in [1.29, 1.82) is 0 Å². The molecule has 0 aliphatic heterocycles. The standard InChI is InChI=1S/C16H25BrO.Mg.2H/c17-13-9-4-2-1-3-5-10-14-18-15-16-11-7-6-8-12-16;;;/h6-8,11-12H,1-5,9-10,13-15H2;;;/q;+2;2*-1. The van der Waals surface area contributed by atoms with Crippen molar-refractivity contribution in [2.45, 2.75) is 51.6 Å². The maximum atomic E-state index is 5.66.